The quantitative estimate of drug-likeness (QED) is 0.827. The molecule has 2 aliphatic rings. The summed E-state index contributed by atoms with van der Waals surface area (Å²) in [6, 6.07) is 4.99. The lowest BCUT2D eigenvalue weighted by atomic mass is 9.87. The van der Waals surface area contributed by atoms with Crippen molar-refractivity contribution in [3.63, 3.8) is 0 Å². The van der Waals surface area contributed by atoms with Gasteiger partial charge in [-0.05, 0) is 31.4 Å². The van der Waals surface area contributed by atoms with Crippen LogP contribution in [0.4, 0.5) is 0 Å². The van der Waals surface area contributed by atoms with Gasteiger partial charge in [0, 0.05) is 6.42 Å². The molecular formula is C16H20N2O3. The van der Waals surface area contributed by atoms with Crippen LogP contribution in [-0.2, 0) is 20.7 Å². The second-order valence-corrected chi connectivity index (χ2v) is 5.78. The number of nitrogens with zero attached hydrogens (tertiary/aromatic N) is 1. The molecule has 2 heterocycles. The maximum atomic E-state index is 12.3. The Morgan fingerprint density at radius 3 is 2.95 bits per heavy atom. The van der Waals surface area contributed by atoms with Crippen molar-refractivity contribution in [1.82, 2.24) is 4.90 Å². The van der Waals surface area contributed by atoms with Gasteiger partial charge in [-0.25, -0.2) is 4.79 Å². The van der Waals surface area contributed by atoms with E-state index in [2.05, 4.69) is 6.07 Å². The highest BCUT2D eigenvalue weighted by Gasteiger charge is 2.48. The van der Waals surface area contributed by atoms with Crippen LogP contribution < -0.4 is 5.73 Å². The van der Waals surface area contributed by atoms with Crippen molar-refractivity contribution in [3.05, 3.63) is 34.9 Å². The number of nitrogens with two attached hydrogens (primary N) is 1. The Kier molecular flexibility index (Phi) is 3.45. The molecular weight excluding hydrogens is 268 g/mol. The van der Waals surface area contributed by atoms with Crippen molar-refractivity contribution in [2.45, 2.75) is 44.8 Å². The molecule has 0 radical (unpaired) electrons. The molecule has 1 fully saturated rings. The first-order valence-electron chi connectivity index (χ1n) is 7.36. The average molecular weight is 288 g/mol. The Morgan fingerprint density at radius 2 is 2.24 bits per heavy atom. The van der Waals surface area contributed by atoms with Gasteiger partial charge in [-0.2, -0.15) is 0 Å². The van der Waals surface area contributed by atoms with Crippen LogP contribution in [0.15, 0.2) is 18.2 Å². The van der Waals surface area contributed by atoms with Gasteiger partial charge in [-0.15, -0.1) is 0 Å². The highest BCUT2D eigenvalue weighted by atomic mass is 16.5. The Labute approximate surface area is 124 Å². The lowest BCUT2D eigenvalue weighted by Gasteiger charge is -2.37. The third kappa shape index (κ3) is 2.21. The van der Waals surface area contributed by atoms with Crippen LogP contribution >= 0.6 is 0 Å². The third-order valence-electron chi connectivity index (χ3n) is 4.35. The van der Waals surface area contributed by atoms with E-state index in [1.54, 1.807) is 11.8 Å². The van der Waals surface area contributed by atoms with E-state index in [1.807, 2.05) is 19.1 Å². The average Bonchev–Trinajstić information content (AvgIpc) is 2.75. The van der Waals surface area contributed by atoms with Gasteiger partial charge in [0.1, 0.15) is 6.04 Å². The number of fused-ring (bicyclic) bond motifs is 3. The van der Waals surface area contributed by atoms with E-state index in [0.29, 0.717) is 19.4 Å². The molecule has 5 heteroatoms. The summed E-state index contributed by atoms with van der Waals surface area (Å²) in [6.07, 6.45) is 1.06. The number of rotatable bonds is 2. The molecule has 1 saturated heterocycles. The second kappa shape index (κ2) is 5.15. The van der Waals surface area contributed by atoms with Crippen molar-refractivity contribution in [2.24, 2.45) is 5.73 Å². The molecule has 2 N–H and O–H groups in total. The van der Waals surface area contributed by atoms with Crippen molar-refractivity contribution < 1.29 is 14.3 Å². The number of amides is 1. The van der Waals surface area contributed by atoms with Gasteiger partial charge < -0.3 is 15.4 Å². The number of carbonyl (C=O) groups is 2. The molecule has 0 aliphatic carbocycles. The standard InChI is InChI=1S/C16H20N2O3/c1-3-21-16(20)14-7-10-5-4-9(2)6-11(10)13-8-12(17)15(19)18(13)14/h4-6,12-14H,3,7-8,17H2,1-2H3/t12-,13-,14+/m1/s1. The van der Waals surface area contributed by atoms with Crippen LogP contribution in [0, 0.1) is 6.92 Å². The number of esters is 1. The van der Waals surface area contributed by atoms with Crippen LogP contribution in [0.5, 0.6) is 0 Å². The zero-order chi connectivity index (χ0) is 15.1. The summed E-state index contributed by atoms with van der Waals surface area (Å²) < 4.78 is 5.14. The summed E-state index contributed by atoms with van der Waals surface area (Å²) in [5, 5.41) is 0. The maximum Gasteiger partial charge on any atom is 0.329 e. The summed E-state index contributed by atoms with van der Waals surface area (Å²) in [5.41, 5.74) is 9.31. The number of hydrogen-bond donors (Lipinski definition) is 1. The van der Waals surface area contributed by atoms with Crippen LogP contribution in [0.2, 0.25) is 0 Å². The number of hydrogen-bond acceptors (Lipinski definition) is 4. The van der Waals surface area contributed by atoms with E-state index in [0.717, 1.165) is 16.7 Å². The highest BCUT2D eigenvalue weighted by Crippen LogP contribution is 2.41. The molecule has 112 valence electrons. The van der Waals surface area contributed by atoms with Gasteiger partial charge in [0.2, 0.25) is 5.91 Å². The number of aryl methyl sites for hydroxylation is 1. The van der Waals surface area contributed by atoms with Crippen LogP contribution in [0.25, 0.3) is 0 Å². The normalized spacial score (nSPS) is 27.3. The van der Waals surface area contributed by atoms with E-state index in [9.17, 15) is 9.59 Å². The van der Waals surface area contributed by atoms with E-state index >= 15 is 0 Å². The Hall–Kier alpha value is -1.88. The zero-order valence-corrected chi connectivity index (χ0v) is 12.3. The Bertz CT molecular complexity index is 599. The van der Waals surface area contributed by atoms with Crippen LogP contribution in [0.1, 0.15) is 36.1 Å². The first-order valence-corrected chi connectivity index (χ1v) is 7.36. The highest BCUT2D eigenvalue weighted by molar-refractivity contribution is 5.90. The predicted molar refractivity (Wildman–Crippen MR) is 77.5 cm³/mol. The molecule has 0 unspecified atom stereocenters. The maximum absolute atomic E-state index is 12.3. The van der Waals surface area contributed by atoms with Gasteiger partial charge in [0.05, 0.1) is 18.7 Å². The van der Waals surface area contributed by atoms with Crippen molar-refractivity contribution in [3.8, 4) is 0 Å². The fourth-order valence-corrected chi connectivity index (χ4v) is 3.40. The molecule has 2 aliphatic heterocycles. The zero-order valence-electron chi connectivity index (χ0n) is 12.3. The Morgan fingerprint density at radius 1 is 1.48 bits per heavy atom. The molecule has 3 rings (SSSR count). The third-order valence-corrected chi connectivity index (χ3v) is 4.35. The van der Waals surface area contributed by atoms with E-state index < -0.39 is 12.1 Å². The van der Waals surface area contributed by atoms with E-state index in [4.69, 9.17) is 10.5 Å². The van der Waals surface area contributed by atoms with Gasteiger partial charge in [-0.3, -0.25) is 4.79 Å². The summed E-state index contributed by atoms with van der Waals surface area (Å²) in [5.74, 6) is -0.485. The molecule has 0 aromatic heterocycles. The predicted octanol–water partition coefficient (Wildman–Crippen LogP) is 1.08. The summed E-state index contributed by atoms with van der Waals surface area (Å²) in [4.78, 5) is 26.2. The van der Waals surface area contributed by atoms with Crippen molar-refractivity contribution in [1.29, 1.82) is 0 Å². The molecule has 21 heavy (non-hydrogen) atoms. The van der Waals surface area contributed by atoms with E-state index in [1.165, 1.54) is 0 Å². The largest absolute Gasteiger partial charge is 0.464 e. The second-order valence-electron chi connectivity index (χ2n) is 5.78. The molecule has 1 amide bonds. The number of benzene rings is 1. The van der Waals surface area contributed by atoms with Crippen LogP contribution in [0.3, 0.4) is 0 Å². The molecule has 0 saturated carbocycles. The minimum absolute atomic E-state index is 0.106. The van der Waals surface area contributed by atoms with Gasteiger partial charge in [-0.1, -0.05) is 23.8 Å². The Balaban J connectivity index is 2.04. The molecule has 1 aromatic carbocycles. The number of ether oxygens (including phenoxy) is 1. The summed E-state index contributed by atoms with van der Waals surface area (Å²) in [7, 11) is 0. The fraction of sp³-hybridized carbons (Fsp3) is 0.500. The minimum atomic E-state index is -0.550. The van der Waals surface area contributed by atoms with Gasteiger partial charge in [0.25, 0.3) is 0 Å². The topological polar surface area (TPSA) is 72.6 Å². The number of carbonyl (C=O) groups excluding carboxylic acids is 2. The monoisotopic (exact) mass is 288 g/mol. The molecule has 0 spiro atoms. The smallest absolute Gasteiger partial charge is 0.329 e. The fourth-order valence-electron chi connectivity index (χ4n) is 3.40. The van der Waals surface area contributed by atoms with Gasteiger partial charge >= 0.3 is 5.97 Å². The molecule has 3 atom stereocenters. The molecule has 0 bridgehead atoms. The lowest BCUT2D eigenvalue weighted by Crippen LogP contribution is -2.50. The van der Waals surface area contributed by atoms with Crippen molar-refractivity contribution in [2.75, 3.05) is 6.61 Å². The van der Waals surface area contributed by atoms with Crippen molar-refractivity contribution >= 4 is 11.9 Å². The van der Waals surface area contributed by atoms with Crippen LogP contribution in [-0.4, -0.2) is 35.5 Å². The molecule has 1 aromatic rings. The van der Waals surface area contributed by atoms with Gasteiger partial charge in [0.15, 0.2) is 0 Å². The molecule has 5 nitrogen and oxygen atoms in total. The lowest BCUT2D eigenvalue weighted by molar-refractivity contribution is -0.155. The first kappa shape index (κ1) is 14.1. The minimum Gasteiger partial charge on any atom is -0.464 e. The SMILES string of the molecule is CCOC(=O)[C@@H]1Cc2ccc(C)cc2[C@H]2C[C@@H](N)C(=O)N21. The summed E-state index contributed by atoms with van der Waals surface area (Å²) >= 11 is 0. The first-order chi connectivity index (χ1) is 10.0. The summed E-state index contributed by atoms with van der Waals surface area (Å²) in [6.45, 7) is 4.11. The van der Waals surface area contributed by atoms with E-state index in [-0.39, 0.29) is 17.9 Å².